The number of fused-ring (bicyclic) bond motifs is 2. The largest absolute Gasteiger partial charge is 0.423 e. The minimum Gasteiger partial charge on any atom is -0.423 e. The van der Waals surface area contributed by atoms with Crippen molar-refractivity contribution >= 4 is 27.4 Å². The van der Waals surface area contributed by atoms with Gasteiger partial charge in [0.1, 0.15) is 5.58 Å². The van der Waals surface area contributed by atoms with E-state index in [0.29, 0.717) is 0 Å². The Labute approximate surface area is 155 Å². The first-order chi connectivity index (χ1) is 12.8. The van der Waals surface area contributed by atoms with Crippen molar-refractivity contribution in [2.45, 2.75) is 25.8 Å². The lowest BCUT2D eigenvalue weighted by molar-refractivity contribution is 0.250. The zero-order valence-electron chi connectivity index (χ0n) is 14.6. The predicted octanol–water partition coefficient (Wildman–Crippen LogP) is 3.06. The standard InChI is InChI=1S/C20H21N3O2S/c24-19-12-16(17-10-14-2-1-3-15(14)11-18(17)25-19)13-22-5-7-23(8-6-22)20-21-4-9-26-20/h4,9-12H,1-3,5-8,13H2. The first kappa shape index (κ1) is 16.0. The van der Waals surface area contributed by atoms with Gasteiger partial charge < -0.3 is 9.32 Å². The minimum atomic E-state index is -0.244. The summed E-state index contributed by atoms with van der Waals surface area (Å²) in [6.07, 6.45) is 5.29. The fourth-order valence-corrected chi connectivity index (χ4v) is 4.83. The Balaban J connectivity index is 1.39. The van der Waals surface area contributed by atoms with Gasteiger partial charge >= 0.3 is 5.63 Å². The van der Waals surface area contributed by atoms with Crippen molar-refractivity contribution in [1.82, 2.24) is 9.88 Å². The van der Waals surface area contributed by atoms with E-state index >= 15 is 0 Å². The van der Waals surface area contributed by atoms with Crippen LogP contribution in [0.3, 0.4) is 0 Å². The van der Waals surface area contributed by atoms with Crippen molar-refractivity contribution in [2.75, 3.05) is 31.1 Å². The SMILES string of the molecule is O=c1cc(CN2CCN(c3nccs3)CC2)c2cc3c(cc2o1)CCC3. The van der Waals surface area contributed by atoms with Gasteiger partial charge in [-0.2, -0.15) is 0 Å². The van der Waals surface area contributed by atoms with E-state index in [2.05, 4.69) is 26.9 Å². The van der Waals surface area contributed by atoms with Crippen molar-refractivity contribution < 1.29 is 4.42 Å². The number of nitrogens with zero attached hydrogens (tertiary/aromatic N) is 3. The van der Waals surface area contributed by atoms with E-state index in [1.54, 1.807) is 17.4 Å². The molecule has 0 spiro atoms. The molecule has 1 aliphatic carbocycles. The molecule has 2 aliphatic rings. The van der Waals surface area contributed by atoms with Crippen LogP contribution < -0.4 is 10.5 Å². The summed E-state index contributed by atoms with van der Waals surface area (Å²) >= 11 is 1.69. The van der Waals surface area contributed by atoms with Crippen LogP contribution in [0.5, 0.6) is 0 Å². The van der Waals surface area contributed by atoms with E-state index in [-0.39, 0.29) is 5.63 Å². The fourth-order valence-electron chi connectivity index (χ4n) is 4.14. The third kappa shape index (κ3) is 2.93. The molecule has 0 unspecified atom stereocenters. The highest BCUT2D eigenvalue weighted by molar-refractivity contribution is 7.13. The lowest BCUT2D eigenvalue weighted by Gasteiger charge is -2.34. The van der Waals surface area contributed by atoms with Gasteiger partial charge in [-0.1, -0.05) is 0 Å². The molecule has 3 heterocycles. The summed E-state index contributed by atoms with van der Waals surface area (Å²) in [6, 6.07) is 6.02. The lowest BCUT2D eigenvalue weighted by Crippen LogP contribution is -2.46. The average Bonchev–Trinajstić information content (AvgIpc) is 3.32. The number of benzene rings is 1. The molecule has 134 valence electrons. The molecule has 3 aromatic rings. The van der Waals surface area contributed by atoms with Gasteiger partial charge in [0, 0.05) is 55.8 Å². The topological polar surface area (TPSA) is 49.6 Å². The van der Waals surface area contributed by atoms with Gasteiger partial charge in [0.25, 0.3) is 0 Å². The summed E-state index contributed by atoms with van der Waals surface area (Å²) in [5.41, 5.74) is 4.35. The number of hydrogen-bond acceptors (Lipinski definition) is 6. The first-order valence-electron chi connectivity index (χ1n) is 9.21. The van der Waals surface area contributed by atoms with Gasteiger partial charge in [-0.25, -0.2) is 9.78 Å². The highest BCUT2D eigenvalue weighted by atomic mass is 32.1. The normalized spacial score (nSPS) is 17.8. The Bertz CT molecular complexity index is 988. The van der Waals surface area contributed by atoms with Crippen LogP contribution >= 0.6 is 11.3 Å². The molecule has 1 fully saturated rings. The van der Waals surface area contributed by atoms with Gasteiger partial charge in [-0.15, -0.1) is 11.3 Å². The van der Waals surface area contributed by atoms with Crippen LogP contribution in [0.1, 0.15) is 23.1 Å². The van der Waals surface area contributed by atoms with E-state index < -0.39 is 0 Å². The summed E-state index contributed by atoms with van der Waals surface area (Å²) < 4.78 is 5.49. The average molecular weight is 367 g/mol. The molecular weight excluding hydrogens is 346 g/mol. The van der Waals surface area contributed by atoms with Crippen molar-refractivity contribution in [3.8, 4) is 0 Å². The van der Waals surface area contributed by atoms with Gasteiger partial charge in [-0.3, -0.25) is 4.90 Å². The van der Waals surface area contributed by atoms with E-state index in [4.69, 9.17) is 4.42 Å². The highest BCUT2D eigenvalue weighted by Crippen LogP contribution is 2.29. The fraction of sp³-hybridized carbons (Fsp3) is 0.400. The van der Waals surface area contributed by atoms with E-state index in [1.165, 1.54) is 17.5 Å². The molecule has 1 aromatic carbocycles. The summed E-state index contributed by atoms with van der Waals surface area (Å²) in [7, 11) is 0. The molecule has 0 N–H and O–H groups in total. The quantitative estimate of drug-likeness (QED) is 0.666. The number of thiazole rings is 1. The maximum Gasteiger partial charge on any atom is 0.336 e. The van der Waals surface area contributed by atoms with Crippen molar-refractivity contribution in [1.29, 1.82) is 0 Å². The number of hydrogen-bond donors (Lipinski definition) is 0. The molecule has 26 heavy (non-hydrogen) atoms. The van der Waals surface area contributed by atoms with Crippen LogP contribution in [0.4, 0.5) is 5.13 Å². The molecule has 5 nitrogen and oxygen atoms in total. The zero-order chi connectivity index (χ0) is 17.5. The van der Waals surface area contributed by atoms with Crippen LogP contribution in [0.25, 0.3) is 11.0 Å². The number of aryl methyl sites for hydroxylation is 2. The molecular formula is C20H21N3O2S. The third-order valence-electron chi connectivity index (χ3n) is 5.50. The van der Waals surface area contributed by atoms with E-state index in [1.807, 2.05) is 11.6 Å². The Morgan fingerprint density at radius 3 is 2.65 bits per heavy atom. The maximum atomic E-state index is 12.1. The molecule has 0 bridgehead atoms. The van der Waals surface area contributed by atoms with Crippen molar-refractivity contribution in [3.63, 3.8) is 0 Å². The smallest absolute Gasteiger partial charge is 0.336 e. The number of anilines is 1. The Morgan fingerprint density at radius 2 is 1.88 bits per heavy atom. The molecule has 1 saturated heterocycles. The second kappa shape index (κ2) is 6.52. The molecule has 0 amide bonds. The summed E-state index contributed by atoms with van der Waals surface area (Å²) in [5, 5.41) is 4.23. The Kier molecular flexibility index (Phi) is 4.02. The Hall–Kier alpha value is -2.18. The molecule has 1 aliphatic heterocycles. The zero-order valence-corrected chi connectivity index (χ0v) is 15.4. The monoisotopic (exact) mass is 367 g/mol. The van der Waals surface area contributed by atoms with Crippen LogP contribution in [-0.2, 0) is 19.4 Å². The van der Waals surface area contributed by atoms with Gasteiger partial charge in [0.15, 0.2) is 5.13 Å². The van der Waals surface area contributed by atoms with Crippen LogP contribution in [-0.4, -0.2) is 36.1 Å². The van der Waals surface area contributed by atoms with E-state index in [9.17, 15) is 4.79 Å². The summed E-state index contributed by atoms with van der Waals surface area (Å²) in [6.45, 7) is 4.70. The lowest BCUT2D eigenvalue weighted by atomic mass is 10.0. The number of rotatable bonds is 3. The highest BCUT2D eigenvalue weighted by Gasteiger charge is 2.21. The predicted molar refractivity (Wildman–Crippen MR) is 104 cm³/mol. The molecule has 0 radical (unpaired) electrons. The number of aromatic nitrogens is 1. The van der Waals surface area contributed by atoms with Crippen LogP contribution in [0.2, 0.25) is 0 Å². The van der Waals surface area contributed by atoms with Gasteiger partial charge in [0.05, 0.1) is 0 Å². The van der Waals surface area contributed by atoms with Gasteiger partial charge in [-0.05, 0) is 48.1 Å². The minimum absolute atomic E-state index is 0.244. The molecule has 6 heteroatoms. The van der Waals surface area contributed by atoms with Crippen molar-refractivity contribution in [3.05, 3.63) is 56.9 Å². The molecule has 2 aromatic heterocycles. The second-order valence-electron chi connectivity index (χ2n) is 7.14. The third-order valence-corrected chi connectivity index (χ3v) is 6.33. The second-order valence-corrected chi connectivity index (χ2v) is 8.01. The maximum absolute atomic E-state index is 12.1. The van der Waals surface area contributed by atoms with Crippen molar-refractivity contribution in [2.24, 2.45) is 0 Å². The molecule has 5 rings (SSSR count). The molecule has 0 atom stereocenters. The van der Waals surface area contributed by atoms with Gasteiger partial charge in [0.2, 0.25) is 0 Å². The summed E-state index contributed by atoms with van der Waals surface area (Å²) in [4.78, 5) is 21.2. The summed E-state index contributed by atoms with van der Waals surface area (Å²) in [5.74, 6) is 0. The molecule has 0 saturated carbocycles. The first-order valence-corrected chi connectivity index (χ1v) is 10.1. The van der Waals surface area contributed by atoms with Crippen LogP contribution in [0, 0.1) is 0 Å². The van der Waals surface area contributed by atoms with Crippen LogP contribution in [0.15, 0.2) is 39.0 Å². The number of piperazine rings is 1. The Morgan fingerprint density at radius 1 is 1.08 bits per heavy atom. The van der Waals surface area contributed by atoms with E-state index in [0.717, 1.165) is 67.2 Å².